The Morgan fingerprint density at radius 3 is 2.36 bits per heavy atom. The summed E-state index contributed by atoms with van der Waals surface area (Å²) in [5, 5.41) is 22.6. The number of hydrogen-bond acceptors (Lipinski definition) is 9. The van der Waals surface area contributed by atoms with Crippen LogP contribution in [0.2, 0.25) is 0 Å². The number of ketones is 4. The van der Waals surface area contributed by atoms with Crippen LogP contribution in [0.4, 0.5) is 5.69 Å². The van der Waals surface area contributed by atoms with Crippen LogP contribution in [0.15, 0.2) is 18.7 Å². The number of benzene rings is 1. The Balaban J connectivity index is 1.91. The number of aromatic hydroxyl groups is 1. The molecule has 4 N–H and O–H groups in total. The summed E-state index contributed by atoms with van der Waals surface area (Å²) in [5.74, 6) is -10.4. The molecule has 2 saturated carbocycles. The van der Waals surface area contributed by atoms with Gasteiger partial charge in [-0.2, -0.15) is 0 Å². The summed E-state index contributed by atoms with van der Waals surface area (Å²) < 4.78 is 0. The van der Waals surface area contributed by atoms with E-state index >= 15 is 0 Å². The minimum absolute atomic E-state index is 0.00959. The number of allylic oxidation sites excluding steroid dienone is 1. The van der Waals surface area contributed by atoms with Crippen molar-refractivity contribution in [3.63, 3.8) is 0 Å². The number of anilines is 1. The van der Waals surface area contributed by atoms with Crippen LogP contribution in [-0.4, -0.2) is 84.0 Å². The van der Waals surface area contributed by atoms with Gasteiger partial charge in [0.1, 0.15) is 5.75 Å². The van der Waals surface area contributed by atoms with Gasteiger partial charge in [0.05, 0.1) is 17.5 Å². The molecule has 0 heterocycles. The smallest absolute Gasteiger partial charge is 0.235 e. The van der Waals surface area contributed by atoms with Crippen molar-refractivity contribution in [2.45, 2.75) is 30.9 Å². The van der Waals surface area contributed by atoms with E-state index in [9.17, 15) is 34.2 Å². The fourth-order valence-electron chi connectivity index (χ4n) is 6.42. The number of rotatable bonds is 5. The van der Waals surface area contributed by atoms with Gasteiger partial charge in [-0.25, -0.2) is 0 Å². The predicted octanol–water partition coefficient (Wildman–Crippen LogP) is -0.338. The second kappa shape index (κ2) is 8.63. The highest BCUT2D eigenvalue weighted by atomic mass is 16.3. The van der Waals surface area contributed by atoms with Gasteiger partial charge in [0.15, 0.2) is 34.7 Å². The summed E-state index contributed by atoms with van der Waals surface area (Å²) >= 11 is 0. The Kier molecular flexibility index (Phi) is 6.17. The van der Waals surface area contributed by atoms with E-state index in [-0.39, 0.29) is 30.6 Å². The molecule has 1 aromatic rings. The second-order valence-electron chi connectivity index (χ2n) is 10.4. The average molecular weight is 498 g/mol. The zero-order chi connectivity index (χ0) is 26.9. The highest BCUT2D eigenvalue weighted by Gasteiger charge is 2.69. The van der Waals surface area contributed by atoms with Gasteiger partial charge >= 0.3 is 0 Å². The number of phenols is 1. The van der Waals surface area contributed by atoms with Crippen molar-refractivity contribution >= 4 is 34.7 Å². The summed E-state index contributed by atoms with van der Waals surface area (Å²) in [6.45, 7) is 3.69. The summed E-state index contributed by atoms with van der Waals surface area (Å²) in [4.78, 5) is 69.4. The van der Waals surface area contributed by atoms with Crippen molar-refractivity contribution in [1.82, 2.24) is 4.90 Å². The number of likely N-dealkylation sites (N-methyl/N-ethyl adjacent to an activating group) is 1. The number of amides is 1. The van der Waals surface area contributed by atoms with Crippen molar-refractivity contribution in [2.75, 3.05) is 33.1 Å². The van der Waals surface area contributed by atoms with Crippen molar-refractivity contribution in [2.24, 2.45) is 29.4 Å². The monoisotopic (exact) mass is 497 g/mol. The molecular formula is C26H31N3O7. The molecule has 2 fully saturated rings. The van der Waals surface area contributed by atoms with Gasteiger partial charge in [-0.1, -0.05) is 6.08 Å². The number of primary amides is 1. The third kappa shape index (κ3) is 3.35. The molecule has 4 rings (SSSR count). The number of nitrogens with zero attached hydrogens (tertiary/aromatic N) is 2. The molecule has 1 amide bonds. The van der Waals surface area contributed by atoms with Crippen LogP contribution in [0.1, 0.15) is 27.9 Å². The van der Waals surface area contributed by atoms with E-state index in [0.717, 1.165) is 0 Å². The number of phenolic OH excluding ortho intramolecular Hbond substituents is 1. The molecule has 0 spiro atoms. The maximum absolute atomic E-state index is 13.8. The predicted molar refractivity (Wildman–Crippen MR) is 130 cm³/mol. The zero-order valence-electron chi connectivity index (χ0n) is 20.8. The van der Waals surface area contributed by atoms with E-state index in [1.807, 2.05) is 4.90 Å². The first-order valence-corrected chi connectivity index (χ1v) is 11.8. The van der Waals surface area contributed by atoms with Crippen LogP contribution in [0.25, 0.3) is 0 Å². The lowest BCUT2D eigenvalue weighted by Crippen LogP contribution is -2.74. The Bertz CT molecular complexity index is 1220. The van der Waals surface area contributed by atoms with Crippen molar-refractivity contribution < 1.29 is 34.2 Å². The molecule has 3 aliphatic rings. The minimum Gasteiger partial charge on any atom is -0.507 e. The van der Waals surface area contributed by atoms with Crippen LogP contribution < -0.4 is 10.6 Å². The molecule has 2 unspecified atom stereocenters. The summed E-state index contributed by atoms with van der Waals surface area (Å²) in [5.41, 5.74) is 4.33. The largest absolute Gasteiger partial charge is 0.507 e. The van der Waals surface area contributed by atoms with E-state index in [0.29, 0.717) is 16.8 Å². The number of Topliss-reactive ketones (excluding diaryl/α,β-unsaturated/α-hetero) is 4. The third-order valence-corrected chi connectivity index (χ3v) is 7.96. The first kappa shape index (κ1) is 25.7. The minimum atomic E-state index is -2.73. The van der Waals surface area contributed by atoms with Gasteiger partial charge in [0.25, 0.3) is 0 Å². The van der Waals surface area contributed by atoms with Crippen LogP contribution in [-0.2, 0) is 32.0 Å². The topological polar surface area (TPSA) is 158 Å². The zero-order valence-corrected chi connectivity index (χ0v) is 20.8. The van der Waals surface area contributed by atoms with Gasteiger partial charge in [0.2, 0.25) is 5.91 Å². The molecule has 0 radical (unpaired) electrons. The molecule has 10 nitrogen and oxygen atoms in total. The number of hydrogen-bond donors (Lipinski definition) is 3. The Morgan fingerprint density at radius 2 is 1.83 bits per heavy atom. The molecule has 0 aliphatic heterocycles. The fourth-order valence-corrected chi connectivity index (χ4v) is 6.42. The molecule has 10 heteroatoms. The first-order valence-electron chi connectivity index (χ1n) is 11.8. The molecular weight excluding hydrogens is 466 g/mol. The van der Waals surface area contributed by atoms with Gasteiger partial charge in [-0.15, -0.1) is 6.58 Å². The molecule has 6 atom stereocenters. The van der Waals surface area contributed by atoms with E-state index in [4.69, 9.17) is 5.73 Å². The fraction of sp³-hybridized carbons (Fsp3) is 0.500. The SMILES string of the molecule is C=CCc1cc(N(C)C)c2c(c1O)C(=O)C1C(=O)[C@]3(O)C(=O)C(C(N)=O)C(=O)[C@@H](N(C)C)[C@@H]3C[C@@H]1C2. The summed E-state index contributed by atoms with van der Waals surface area (Å²) in [6.07, 6.45) is 2.11. The molecule has 0 saturated heterocycles. The Hall–Kier alpha value is -3.37. The van der Waals surface area contributed by atoms with E-state index in [1.165, 1.54) is 4.90 Å². The van der Waals surface area contributed by atoms with Crippen LogP contribution in [0, 0.1) is 23.7 Å². The van der Waals surface area contributed by atoms with Gasteiger partial charge < -0.3 is 20.8 Å². The Morgan fingerprint density at radius 1 is 1.19 bits per heavy atom. The standard InChI is InChI=1S/C26H31N3O7/c1-6-7-11-10-15(28(2)3)13-8-12-9-14-19(29(4)5)22(32)18(25(27)35)24(34)26(14,36)23(33)16(12)21(31)17(13)20(11)30/h6,10,12,14,16,18-19,30,36H,1,7-9H2,2-5H3,(H2,27,35)/t12-,14-,16?,18?,19-,26-/m0/s1. The number of nitrogens with two attached hydrogens (primary N) is 1. The lowest BCUT2D eigenvalue weighted by atomic mass is 9.52. The lowest BCUT2D eigenvalue weighted by molar-refractivity contribution is -0.181. The Labute approximate surface area is 208 Å². The van der Waals surface area contributed by atoms with E-state index in [1.54, 1.807) is 40.3 Å². The second-order valence-corrected chi connectivity index (χ2v) is 10.4. The lowest BCUT2D eigenvalue weighted by Gasteiger charge is -2.52. The van der Waals surface area contributed by atoms with E-state index in [2.05, 4.69) is 6.58 Å². The maximum atomic E-state index is 13.8. The number of aliphatic hydroxyl groups is 1. The molecule has 3 aliphatic carbocycles. The third-order valence-electron chi connectivity index (χ3n) is 7.96. The summed E-state index contributed by atoms with van der Waals surface area (Å²) in [7, 11) is 6.71. The van der Waals surface area contributed by atoms with Gasteiger partial charge in [-0.05, 0) is 50.9 Å². The molecule has 192 valence electrons. The number of carbonyl (C=O) groups is 5. The average Bonchev–Trinajstić information content (AvgIpc) is 2.77. The van der Waals surface area contributed by atoms with E-state index < -0.39 is 64.4 Å². The maximum Gasteiger partial charge on any atom is 0.235 e. The molecule has 1 aromatic carbocycles. The first-order chi connectivity index (χ1) is 16.8. The van der Waals surface area contributed by atoms with Crippen molar-refractivity contribution in [3.8, 4) is 5.75 Å². The van der Waals surface area contributed by atoms with Gasteiger partial charge in [-0.3, -0.25) is 28.9 Å². The molecule has 0 bridgehead atoms. The quantitative estimate of drug-likeness (QED) is 0.365. The van der Waals surface area contributed by atoms with Gasteiger partial charge in [0, 0.05) is 31.3 Å². The van der Waals surface area contributed by atoms with Crippen molar-refractivity contribution in [1.29, 1.82) is 0 Å². The van der Waals surface area contributed by atoms with Crippen LogP contribution >= 0.6 is 0 Å². The molecule has 0 aromatic heterocycles. The number of carbonyl (C=O) groups excluding carboxylic acids is 5. The van der Waals surface area contributed by atoms with Crippen LogP contribution in [0.5, 0.6) is 5.75 Å². The van der Waals surface area contributed by atoms with Crippen molar-refractivity contribution in [3.05, 3.63) is 35.4 Å². The highest BCUT2D eigenvalue weighted by molar-refractivity contribution is 6.32. The van der Waals surface area contributed by atoms with Crippen LogP contribution in [0.3, 0.4) is 0 Å². The highest BCUT2D eigenvalue weighted by Crippen LogP contribution is 2.52. The molecule has 36 heavy (non-hydrogen) atoms. The summed E-state index contributed by atoms with van der Waals surface area (Å²) in [6, 6.07) is 0.654. The number of fused-ring (bicyclic) bond motifs is 3. The normalized spacial score (nSPS) is 31.6.